The summed E-state index contributed by atoms with van der Waals surface area (Å²) in [5, 5.41) is 19.9. The summed E-state index contributed by atoms with van der Waals surface area (Å²) >= 11 is 0. The molecule has 1 aliphatic rings. The second kappa shape index (κ2) is 8.48. The molecule has 0 radical (unpaired) electrons. The highest BCUT2D eigenvalue weighted by Crippen LogP contribution is 2.25. The summed E-state index contributed by atoms with van der Waals surface area (Å²) in [6, 6.07) is 23.0. The first-order chi connectivity index (χ1) is 16.1. The molecule has 0 spiro atoms. The van der Waals surface area contributed by atoms with Crippen LogP contribution in [0.5, 0.6) is 0 Å². The Kier molecular flexibility index (Phi) is 5.21. The van der Waals surface area contributed by atoms with Crippen LogP contribution in [0.2, 0.25) is 0 Å². The number of aromatic nitrogens is 2. The summed E-state index contributed by atoms with van der Waals surface area (Å²) < 4.78 is 19.2. The molecule has 1 aromatic heterocycles. The Morgan fingerprint density at radius 2 is 1.79 bits per heavy atom. The zero-order valence-corrected chi connectivity index (χ0v) is 17.2. The fourth-order valence-corrected chi connectivity index (χ4v) is 3.66. The third-order valence-electron chi connectivity index (χ3n) is 5.27. The third-order valence-corrected chi connectivity index (χ3v) is 5.27. The van der Waals surface area contributed by atoms with Gasteiger partial charge in [0.25, 0.3) is 0 Å². The standard InChI is InChI=1S/C25H16FN5O2/c26-20-11-10-17(12-18(20)14-27)24-30-31-25(33-24)29-23-21(32)13-16-8-4-5-9-19(16)22(28-23)15-6-2-1-3-7-15/h1-12,23H,13H2,(H,29,31)/t23-/m1/s1. The van der Waals surface area contributed by atoms with Gasteiger partial charge in [0.15, 0.2) is 11.9 Å². The summed E-state index contributed by atoms with van der Waals surface area (Å²) in [4.78, 5) is 17.7. The molecule has 0 saturated heterocycles. The summed E-state index contributed by atoms with van der Waals surface area (Å²) in [5.41, 5.74) is 3.61. The fraction of sp³-hybridized carbons (Fsp3) is 0.0800. The summed E-state index contributed by atoms with van der Waals surface area (Å²) in [7, 11) is 0. The van der Waals surface area contributed by atoms with Crippen molar-refractivity contribution in [3.63, 3.8) is 0 Å². The van der Waals surface area contributed by atoms with Gasteiger partial charge in [0.2, 0.25) is 5.89 Å². The Hall–Kier alpha value is -4.64. The number of carbonyl (C=O) groups is 1. The Balaban J connectivity index is 1.49. The largest absolute Gasteiger partial charge is 0.403 e. The van der Waals surface area contributed by atoms with E-state index in [0.717, 1.165) is 22.8 Å². The van der Waals surface area contributed by atoms with E-state index in [1.807, 2.05) is 54.6 Å². The number of carbonyl (C=O) groups excluding carboxylic acids is 1. The number of nitrogens with zero attached hydrogens (tertiary/aromatic N) is 4. The van der Waals surface area contributed by atoms with Gasteiger partial charge in [-0.25, -0.2) is 4.39 Å². The number of nitriles is 1. The number of aliphatic imine (C=N–C) groups is 1. The van der Waals surface area contributed by atoms with E-state index in [0.29, 0.717) is 11.3 Å². The van der Waals surface area contributed by atoms with Gasteiger partial charge in [0.05, 0.1) is 11.3 Å². The molecule has 0 amide bonds. The van der Waals surface area contributed by atoms with Gasteiger partial charge in [-0.05, 0) is 23.8 Å². The molecule has 7 nitrogen and oxygen atoms in total. The van der Waals surface area contributed by atoms with Gasteiger partial charge >= 0.3 is 6.01 Å². The Morgan fingerprint density at radius 1 is 1.00 bits per heavy atom. The molecule has 1 aliphatic heterocycles. The van der Waals surface area contributed by atoms with Crippen LogP contribution in [-0.4, -0.2) is 27.9 Å². The average molecular weight is 437 g/mol. The maximum atomic E-state index is 13.6. The van der Waals surface area contributed by atoms with Crippen molar-refractivity contribution in [1.29, 1.82) is 5.26 Å². The van der Waals surface area contributed by atoms with Crippen molar-refractivity contribution in [2.75, 3.05) is 5.32 Å². The van der Waals surface area contributed by atoms with E-state index in [4.69, 9.17) is 14.7 Å². The lowest BCUT2D eigenvalue weighted by molar-refractivity contribution is -0.119. The lowest BCUT2D eigenvalue weighted by atomic mass is 9.96. The molecule has 1 atom stereocenters. The topological polar surface area (TPSA) is 104 Å². The van der Waals surface area contributed by atoms with Crippen molar-refractivity contribution >= 4 is 17.5 Å². The molecule has 1 N–H and O–H groups in total. The first kappa shape index (κ1) is 20.3. The average Bonchev–Trinajstić information content (AvgIpc) is 3.26. The molecule has 8 heteroatoms. The van der Waals surface area contributed by atoms with Crippen LogP contribution in [-0.2, 0) is 11.2 Å². The number of benzene rings is 3. The maximum Gasteiger partial charge on any atom is 0.317 e. The van der Waals surface area contributed by atoms with Crippen LogP contribution in [0, 0.1) is 17.1 Å². The molecule has 0 fully saturated rings. The van der Waals surface area contributed by atoms with E-state index in [-0.39, 0.29) is 29.7 Å². The van der Waals surface area contributed by atoms with Gasteiger partial charge in [-0.3, -0.25) is 9.79 Å². The summed E-state index contributed by atoms with van der Waals surface area (Å²) in [5.74, 6) is -0.696. The van der Waals surface area contributed by atoms with Gasteiger partial charge in [0, 0.05) is 23.1 Å². The van der Waals surface area contributed by atoms with Crippen LogP contribution < -0.4 is 5.32 Å². The number of rotatable bonds is 4. The minimum Gasteiger partial charge on any atom is -0.403 e. The number of hydrogen-bond donors (Lipinski definition) is 1. The predicted octanol–water partition coefficient (Wildman–Crippen LogP) is 4.15. The first-order valence-corrected chi connectivity index (χ1v) is 10.2. The Bertz CT molecular complexity index is 1420. The first-order valence-electron chi connectivity index (χ1n) is 10.2. The molecule has 3 aromatic carbocycles. The maximum absolute atomic E-state index is 13.6. The van der Waals surface area contributed by atoms with Crippen LogP contribution in [0.25, 0.3) is 11.5 Å². The zero-order valence-electron chi connectivity index (χ0n) is 17.2. The Morgan fingerprint density at radius 3 is 2.61 bits per heavy atom. The van der Waals surface area contributed by atoms with Crippen LogP contribution in [0.1, 0.15) is 22.3 Å². The zero-order chi connectivity index (χ0) is 22.8. The molecule has 0 saturated carbocycles. The molecular weight excluding hydrogens is 421 g/mol. The van der Waals surface area contributed by atoms with E-state index < -0.39 is 12.0 Å². The molecule has 0 aliphatic carbocycles. The normalized spacial score (nSPS) is 15.2. The molecule has 0 bridgehead atoms. The highest BCUT2D eigenvalue weighted by Gasteiger charge is 2.27. The van der Waals surface area contributed by atoms with Crippen LogP contribution in [0.4, 0.5) is 10.4 Å². The molecule has 5 rings (SSSR count). The highest BCUT2D eigenvalue weighted by molar-refractivity contribution is 6.16. The van der Waals surface area contributed by atoms with Gasteiger partial charge in [-0.2, -0.15) is 5.26 Å². The monoisotopic (exact) mass is 437 g/mol. The summed E-state index contributed by atoms with van der Waals surface area (Å²) in [6.07, 6.45) is -0.748. The fourth-order valence-electron chi connectivity index (χ4n) is 3.66. The van der Waals surface area contributed by atoms with E-state index >= 15 is 0 Å². The minimum absolute atomic E-state index is 0.00620. The molecule has 2 heterocycles. The predicted molar refractivity (Wildman–Crippen MR) is 119 cm³/mol. The number of Topliss-reactive ketones (excluding diaryl/α,β-unsaturated/α-hetero) is 1. The van der Waals surface area contributed by atoms with Crippen molar-refractivity contribution in [3.8, 4) is 17.5 Å². The number of ketones is 1. The molecule has 160 valence electrons. The van der Waals surface area contributed by atoms with Crippen LogP contribution >= 0.6 is 0 Å². The van der Waals surface area contributed by atoms with Crippen molar-refractivity contribution in [2.24, 2.45) is 4.99 Å². The molecule has 4 aromatic rings. The second-order valence-corrected chi connectivity index (χ2v) is 7.41. The van der Waals surface area contributed by atoms with Gasteiger partial charge < -0.3 is 9.73 Å². The lowest BCUT2D eigenvalue weighted by Crippen LogP contribution is -2.29. The second-order valence-electron chi connectivity index (χ2n) is 7.41. The molecular formula is C25H16FN5O2. The minimum atomic E-state index is -0.941. The number of anilines is 1. The smallest absolute Gasteiger partial charge is 0.317 e. The number of halogens is 1. The highest BCUT2D eigenvalue weighted by atomic mass is 19.1. The van der Waals surface area contributed by atoms with Crippen molar-refractivity contribution in [2.45, 2.75) is 12.6 Å². The van der Waals surface area contributed by atoms with E-state index in [2.05, 4.69) is 15.5 Å². The number of hydrogen-bond acceptors (Lipinski definition) is 7. The van der Waals surface area contributed by atoms with E-state index in [1.165, 1.54) is 12.1 Å². The van der Waals surface area contributed by atoms with Crippen LogP contribution in [0.15, 0.2) is 82.2 Å². The SMILES string of the molecule is N#Cc1cc(-c2nnc(N[C@H]3N=C(c4ccccc4)c4ccccc4CC3=O)o2)ccc1F. The number of fused-ring (bicyclic) bond motifs is 1. The van der Waals surface area contributed by atoms with Gasteiger partial charge in [0.1, 0.15) is 11.9 Å². The number of nitrogens with one attached hydrogen (secondary N) is 1. The summed E-state index contributed by atoms with van der Waals surface area (Å²) in [6.45, 7) is 0. The van der Waals surface area contributed by atoms with E-state index in [9.17, 15) is 9.18 Å². The van der Waals surface area contributed by atoms with Crippen LogP contribution in [0.3, 0.4) is 0 Å². The van der Waals surface area contributed by atoms with Gasteiger partial charge in [-0.1, -0.05) is 59.7 Å². The molecule has 33 heavy (non-hydrogen) atoms. The quantitative estimate of drug-likeness (QED) is 0.514. The van der Waals surface area contributed by atoms with Crippen molar-refractivity contribution < 1.29 is 13.6 Å². The van der Waals surface area contributed by atoms with Crippen molar-refractivity contribution in [1.82, 2.24) is 10.2 Å². The molecule has 0 unspecified atom stereocenters. The van der Waals surface area contributed by atoms with E-state index in [1.54, 1.807) is 6.07 Å². The van der Waals surface area contributed by atoms with Crippen molar-refractivity contribution in [3.05, 3.63) is 101 Å². The third kappa shape index (κ3) is 4.00. The Labute approximate surface area is 188 Å². The van der Waals surface area contributed by atoms with Gasteiger partial charge in [-0.15, -0.1) is 5.10 Å². The lowest BCUT2D eigenvalue weighted by Gasteiger charge is -2.11.